The summed E-state index contributed by atoms with van der Waals surface area (Å²) in [5.41, 5.74) is 5.99. The quantitative estimate of drug-likeness (QED) is 0.692. The molecule has 23 heavy (non-hydrogen) atoms. The lowest BCUT2D eigenvalue weighted by molar-refractivity contribution is 0.387. The molecule has 0 saturated heterocycles. The maximum Gasteiger partial charge on any atom is 0.0488 e. The normalized spacial score (nSPS) is 17.4. The molecule has 2 heteroatoms. The third kappa shape index (κ3) is 2.71. The Morgan fingerprint density at radius 3 is 2.87 bits per heavy atom. The molecule has 0 bridgehead atoms. The highest BCUT2D eigenvalue weighted by Crippen LogP contribution is 2.32. The van der Waals surface area contributed by atoms with Gasteiger partial charge < -0.3 is 9.47 Å². The van der Waals surface area contributed by atoms with E-state index in [0.29, 0.717) is 0 Å². The fourth-order valence-corrected chi connectivity index (χ4v) is 4.03. The van der Waals surface area contributed by atoms with E-state index in [1.54, 1.807) is 5.57 Å². The second kappa shape index (κ2) is 6.27. The van der Waals surface area contributed by atoms with Gasteiger partial charge in [-0.3, -0.25) is 0 Å². The van der Waals surface area contributed by atoms with Crippen molar-refractivity contribution in [2.45, 2.75) is 52.1 Å². The van der Waals surface area contributed by atoms with Gasteiger partial charge in [0.25, 0.3) is 0 Å². The maximum absolute atomic E-state index is 2.55. The summed E-state index contributed by atoms with van der Waals surface area (Å²) in [5.74, 6) is 0. The van der Waals surface area contributed by atoms with Crippen LogP contribution in [0.2, 0.25) is 0 Å². The number of aryl methyl sites for hydroxylation is 1. The molecular formula is C21H26N2. The van der Waals surface area contributed by atoms with E-state index in [4.69, 9.17) is 0 Å². The Labute approximate surface area is 139 Å². The third-order valence-electron chi connectivity index (χ3n) is 5.37. The molecule has 2 nitrogen and oxygen atoms in total. The molecule has 4 rings (SSSR count). The van der Waals surface area contributed by atoms with Gasteiger partial charge in [0, 0.05) is 48.0 Å². The largest absolute Gasteiger partial charge is 0.373 e. The van der Waals surface area contributed by atoms with Crippen LogP contribution >= 0.6 is 0 Å². The van der Waals surface area contributed by atoms with E-state index in [2.05, 4.69) is 59.0 Å². The summed E-state index contributed by atoms with van der Waals surface area (Å²) in [6.45, 7) is 5.45. The molecule has 0 N–H and O–H groups in total. The van der Waals surface area contributed by atoms with Crippen LogP contribution in [0.4, 0.5) is 0 Å². The molecule has 0 amide bonds. The Bertz CT molecular complexity index is 763. The van der Waals surface area contributed by atoms with E-state index in [0.717, 1.165) is 19.6 Å². The molecule has 1 aliphatic carbocycles. The van der Waals surface area contributed by atoms with Crippen molar-refractivity contribution < 1.29 is 0 Å². The van der Waals surface area contributed by atoms with Gasteiger partial charge in [0.15, 0.2) is 0 Å². The number of nitrogens with zero attached hydrogens (tertiary/aromatic N) is 2. The second-order valence-electron chi connectivity index (χ2n) is 6.77. The van der Waals surface area contributed by atoms with Crippen molar-refractivity contribution in [2.75, 3.05) is 6.54 Å². The molecule has 0 spiro atoms. The summed E-state index contributed by atoms with van der Waals surface area (Å²) in [6.07, 6.45) is 13.6. The van der Waals surface area contributed by atoms with E-state index in [9.17, 15) is 0 Å². The number of aromatic nitrogens is 1. The zero-order valence-corrected chi connectivity index (χ0v) is 14.1. The third-order valence-corrected chi connectivity index (χ3v) is 5.37. The predicted octanol–water partition coefficient (Wildman–Crippen LogP) is 5.34. The van der Waals surface area contributed by atoms with E-state index < -0.39 is 0 Å². The van der Waals surface area contributed by atoms with Crippen molar-refractivity contribution in [1.82, 2.24) is 9.47 Å². The lowest BCUT2D eigenvalue weighted by atomic mass is 9.97. The first-order valence-corrected chi connectivity index (χ1v) is 9.07. The fourth-order valence-electron chi connectivity index (χ4n) is 4.03. The van der Waals surface area contributed by atoms with Gasteiger partial charge >= 0.3 is 0 Å². The number of para-hydroxylation sites is 1. The Hall–Kier alpha value is -1.96. The monoisotopic (exact) mass is 306 g/mol. The summed E-state index contributed by atoms with van der Waals surface area (Å²) in [6, 6.07) is 8.92. The minimum Gasteiger partial charge on any atom is -0.373 e. The molecule has 1 aliphatic heterocycles. The van der Waals surface area contributed by atoms with Gasteiger partial charge in [-0.05, 0) is 51.2 Å². The van der Waals surface area contributed by atoms with Gasteiger partial charge in [-0.25, -0.2) is 0 Å². The van der Waals surface area contributed by atoms with E-state index in [1.807, 2.05) is 0 Å². The van der Waals surface area contributed by atoms with Crippen LogP contribution in [0.5, 0.6) is 0 Å². The lowest BCUT2D eigenvalue weighted by Crippen LogP contribution is -2.19. The minimum atomic E-state index is 1.04. The number of fused-ring (bicyclic) bond motifs is 3. The predicted molar refractivity (Wildman–Crippen MR) is 98.2 cm³/mol. The molecular weight excluding hydrogens is 280 g/mol. The highest BCUT2D eigenvalue weighted by molar-refractivity contribution is 5.88. The van der Waals surface area contributed by atoms with Crippen LogP contribution in [-0.2, 0) is 13.1 Å². The summed E-state index contributed by atoms with van der Waals surface area (Å²) >= 11 is 0. The molecule has 0 radical (unpaired) electrons. The van der Waals surface area contributed by atoms with E-state index in [1.165, 1.54) is 54.3 Å². The van der Waals surface area contributed by atoms with Crippen LogP contribution in [0.3, 0.4) is 0 Å². The van der Waals surface area contributed by atoms with Crippen LogP contribution in [0.1, 0.15) is 50.3 Å². The van der Waals surface area contributed by atoms with Gasteiger partial charge in [-0.2, -0.15) is 0 Å². The Balaban J connectivity index is 1.70. The van der Waals surface area contributed by atoms with Crippen molar-refractivity contribution in [3.63, 3.8) is 0 Å². The Kier molecular flexibility index (Phi) is 3.99. The van der Waals surface area contributed by atoms with Crippen LogP contribution in [0, 0.1) is 0 Å². The van der Waals surface area contributed by atoms with Crippen molar-refractivity contribution in [2.24, 2.45) is 0 Å². The van der Waals surface area contributed by atoms with Gasteiger partial charge in [0.2, 0.25) is 0 Å². The van der Waals surface area contributed by atoms with Gasteiger partial charge in [0.1, 0.15) is 0 Å². The van der Waals surface area contributed by atoms with E-state index in [-0.39, 0.29) is 0 Å². The smallest absolute Gasteiger partial charge is 0.0488 e. The minimum absolute atomic E-state index is 1.04. The molecule has 1 aromatic carbocycles. The average Bonchev–Trinajstić information content (AvgIpc) is 2.94. The summed E-state index contributed by atoms with van der Waals surface area (Å²) in [4.78, 5) is 2.39. The topological polar surface area (TPSA) is 8.17 Å². The Morgan fingerprint density at radius 2 is 2.04 bits per heavy atom. The molecule has 2 aliphatic rings. The summed E-state index contributed by atoms with van der Waals surface area (Å²) in [7, 11) is 0. The fraction of sp³-hybridized carbons (Fsp3) is 0.429. The number of hydrogen-bond acceptors (Lipinski definition) is 1. The van der Waals surface area contributed by atoms with Crippen LogP contribution < -0.4 is 0 Å². The molecule has 0 fully saturated rings. The van der Waals surface area contributed by atoms with Crippen molar-refractivity contribution in [1.29, 1.82) is 0 Å². The zero-order chi connectivity index (χ0) is 15.6. The van der Waals surface area contributed by atoms with Crippen LogP contribution in [-0.4, -0.2) is 16.0 Å². The number of rotatable bonds is 4. The molecule has 0 saturated carbocycles. The van der Waals surface area contributed by atoms with Gasteiger partial charge in [-0.1, -0.05) is 29.8 Å². The number of hydrogen-bond donors (Lipinski definition) is 0. The lowest BCUT2D eigenvalue weighted by Gasteiger charge is -2.23. The first-order chi connectivity index (χ1) is 11.4. The highest BCUT2D eigenvalue weighted by atomic mass is 15.1. The summed E-state index contributed by atoms with van der Waals surface area (Å²) in [5, 5.41) is 1.43. The number of benzene rings is 1. The molecule has 1 aromatic heterocycles. The second-order valence-corrected chi connectivity index (χ2v) is 6.77. The molecule has 0 atom stereocenters. The van der Waals surface area contributed by atoms with Crippen molar-refractivity contribution in [3.05, 3.63) is 53.4 Å². The first-order valence-electron chi connectivity index (χ1n) is 9.07. The molecule has 2 aromatic rings. The van der Waals surface area contributed by atoms with E-state index >= 15 is 0 Å². The number of allylic oxidation sites excluding steroid dienone is 2. The van der Waals surface area contributed by atoms with Gasteiger partial charge in [0.05, 0.1) is 0 Å². The van der Waals surface area contributed by atoms with Crippen LogP contribution in [0.25, 0.3) is 17.0 Å². The first kappa shape index (κ1) is 14.6. The van der Waals surface area contributed by atoms with Crippen molar-refractivity contribution >= 4 is 17.0 Å². The SMILES string of the molecule is CCN1C=Cc2c(c3ccccc3n2CCC2=CCCCC2)C1. The van der Waals surface area contributed by atoms with Crippen LogP contribution in [0.15, 0.2) is 42.1 Å². The zero-order valence-electron chi connectivity index (χ0n) is 14.1. The molecule has 120 valence electrons. The summed E-state index contributed by atoms with van der Waals surface area (Å²) < 4.78 is 2.55. The van der Waals surface area contributed by atoms with Crippen molar-refractivity contribution in [3.8, 4) is 0 Å². The average molecular weight is 306 g/mol. The Morgan fingerprint density at radius 1 is 1.13 bits per heavy atom. The maximum atomic E-state index is 2.55. The molecule has 2 heterocycles. The highest BCUT2D eigenvalue weighted by Gasteiger charge is 2.19. The van der Waals surface area contributed by atoms with Gasteiger partial charge in [-0.15, -0.1) is 0 Å². The standard InChI is InChI=1S/C21H26N2/c1-2-22-14-13-21-19(16-22)18-10-6-7-11-20(18)23(21)15-12-17-8-4-3-5-9-17/h6-8,10-11,13-14H,2-5,9,12,15-16H2,1H3. The molecule has 0 unspecified atom stereocenters.